The summed E-state index contributed by atoms with van der Waals surface area (Å²) in [5, 5.41) is 2.90. The highest BCUT2D eigenvalue weighted by Gasteiger charge is 2.13. The number of hydrogen-bond acceptors (Lipinski definition) is 2. The Labute approximate surface area is 96.8 Å². The van der Waals surface area contributed by atoms with Crippen LogP contribution in [-0.4, -0.2) is 26.2 Å². The Morgan fingerprint density at radius 1 is 1.38 bits per heavy atom. The molecule has 88 valence electrons. The van der Waals surface area contributed by atoms with Crippen LogP contribution in [0.1, 0.15) is 24.8 Å². The maximum atomic E-state index is 11.8. The first-order valence-electron chi connectivity index (χ1n) is 5.57. The predicted octanol–water partition coefficient (Wildman–Crippen LogP) is 1.94. The second-order valence-corrected chi connectivity index (χ2v) is 3.77. The number of benzene rings is 1. The van der Waals surface area contributed by atoms with Crippen LogP contribution in [0.15, 0.2) is 30.3 Å². The van der Waals surface area contributed by atoms with Crippen molar-refractivity contribution < 1.29 is 9.53 Å². The van der Waals surface area contributed by atoms with Gasteiger partial charge in [-0.2, -0.15) is 0 Å². The SMILES string of the molecule is COCCCNC(=O)[C@H](C)c1ccccc1. The summed E-state index contributed by atoms with van der Waals surface area (Å²) in [5.41, 5.74) is 1.05. The molecule has 0 saturated heterocycles. The van der Waals surface area contributed by atoms with Crippen LogP contribution in [0.5, 0.6) is 0 Å². The number of carbonyl (C=O) groups is 1. The minimum atomic E-state index is -0.0938. The van der Waals surface area contributed by atoms with E-state index in [-0.39, 0.29) is 11.8 Å². The second kappa shape index (κ2) is 7.01. The molecule has 0 aliphatic heterocycles. The van der Waals surface area contributed by atoms with E-state index in [1.165, 1.54) is 0 Å². The number of ether oxygens (including phenoxy) is 1. The Morgan fingerprint density at radius 3 is 2.69 bits per heavy atom. The van der Waals surface area contributed by atoms with E-state index in [4.69, 9.17) is 4.74 Å². The van der Waals surface area contributed by atoms with Crippen LogP contribution < -0.4 is 5.32 Å². The minimum Gasteiger partial charge on any atom is -0.385 e. The number of nitrogens with one attached hydrogen (secondary N) is 1. The van der Waals surface area contributed by atoms with E-state index in [0.29, 0.717) is 13.2 Å². The first-order chi connectivity index (χ1) is 7.75. The fourth-order valence-corrected chi connectivity index (χ4v) is 1.47. The number of hydrogen-bond donors (Lipinski definition) is 1. The van der Waals surface area contributed by atoms with E-state index in [1.54, 1.807) is 7.11 Å². The second-order valence-electron chi connectivity index (χ2n) is 3.77. The van der Waals surface area contributed by atoms with Gasteiger partial charge in [0, 0.05) is 20.3 Å². The summed E-state index contributed by atoms with van der Waals surface area (Å²) >= 11 is 0. The maximum Gasteiger partial charge on any atom is 0.227 e. The number of carbonyl (C=O) groups excluding carboxylic acids is 1. The van der Waals surface area contributed by atoms with E-state index in [2.05, 4.69) is 5.32 Å². The van der Waals surface area contributed by atoms with Gasteiger partial charge in [0.05, 0.1) is 5.92 Å². The van der Waals surface area contributed by atoms with Crippen LogP contribution >= 0.6 is 0 Å². The molecule has 0 bridgehead atoms. The van der Waals surface area contributed by atoms with Gasteiger partial charge in [0.2, 0.25) is 5.91 Å². The highest BCUT2D eigenvalue weighted by Crippen LogP contribution is 2.14. The van der Waals surface area contributed by atoms with Gasteiger partial charge in [-0.15, -0.1) is 0 Å². The summed E-state index contributed by atoms with van der Waals surface area (Å²) in [6.45, 7) is 3.27. The maximum absolute atomic E-state index is 11.8. The fraction of sp³-hybridized carbons (Fsp3) is 0.462. The molecule has 1 N–H and O–H groups in total. The van der Waals surface area contributed by atoms with Crippen LogP contribution in [0, 0.1) is 0 Å². The molecular formula is C13H19NO2. The molecule has 16 heavy (non-hydrogen) atoms. The van der Waals surface area contributed by atoms with Gasteiger partial charge in [-0.05, 0) is 18.9 Å². The molecule has 1 aromatic carbocycles. The van der Waals surface area contributed by atoms with Crippen LogP contribution in [0.3, 0.4) is 0 Å². The summed E-state index contributed by atoms with van der Waals surface area (Å²) in [6, 6.07) is 9.79. The topological polar surface area (TPSA) is 38.3 Å². The number of rotatable bonds is 6. The first kappa shape index (κ1) is 12.7. The average Bonchev–Trinajstić information content (AvgIpc) is 2.34. The Balaban J connectivity index is 2.37. The van der Waals surface area contributed by atoms with Gasteiger partial charge in [0.25, 0.3) is 0 Å². The third-order valence-corrected chi connectivity index (χ3v) is 2.52. The highest BCUT2D eigenvalue weighted by molar-refractivity contribution is 5.83. The average molecular weight is 221 g/mol. The minimum absolute atomic E-state index is 0.0716. The smallest absolute Gasteiger partial charge is 0.227 e. The standard InChI is InChI=1S/C13H19NO2/c1-11(12-7-4-3-5-8-12)13(15)14-9-6-10-16-2/h3-5,7-8,11H,6,9-10H2,1-2H3,(H,14,15)/t11-/m1/s1. The molecule has 0 fully saturated rings. The first-order valence-corrected chi connectivity index (χ1v) is 5.57. The molecule has 0 aliphatic rings. The van der Waals surface area contributed by atoms with Crippen LogP contribution in [0.2, 0.25) is 0 Å². The lowest BCUT2D eigenvalue weighted by Gasteiger charge is -2.12. The van der Waals surface area contributed by atoms with Crippen molar-refractivity contribution in [2.45, 2.75) is 19.3 Å². The van der Waals surface area contributed by atoms with Gasteiger partial charge in [0.1, 0.15) is 0 Å². The molecule has 1 atom stereocenters. The van der Waals surface area contributed by atoms with E-state index in [1.807, 2.05) is 37.3 Å². The van der Waals surface area contributed by atoms with Gasteiger partial charge >= 0.3 is 0 Å². The Hall–Kier alpha value is -1.35. The molecule has 0 saturated carbocycles. The molecule has 3 heteroatoms. The van der Waals surface area contributed by atoms with Gasteiger partial charge in [0.15, 0.2) is 0 Å². The highest BCUT2D eigenvalue weighted by atomic mass is 16.5. The molecular weight excluding hydrogens is 202 g/mol. The quantitative estimate of drug-likeness (QED) is 0.745. The molecule has 1 aromatic rings. The van der Waals surface area contributed by atoms with Crippen molar-refractivity contribution >= 4 is 5.91 Å². The predicted molar refractivity (Wildman–Crippen MR) is 64.4 cm³/mol. The monoisotopic (exact) mass is 221 g/mol. The third kappa shape index (κ3) is 4.03. The summed E-state index contributed by atoms with van der Waals surface area (Å²) in [7, 11) is 1.66. The van der Waals surface area contributed by atoms with E-state index < -0.39 is 0 Å². The fourth-order valence-electron chi connectivity index (χ4n) is 1.47. The van der Waals surface area contributed by atoms with Crippen molar-refractivity contribution in [3.05, 3.63) is 35.9 Å². The van der Waals surface area contributed by atoms with Crippen molar-refractivity contribution in [3.63, 3.8) is 0 Å². The summed E-state index contributed by atoms with van der Waals surface area (Å²) in [6.07, 6.45) is 0.851. The zero-order chi connectivity index (χ0) is 11.8. The molecule has 0 heterocycles. The summed E-state index contributed by atoms with van der Waals surface area (Å²) in [5.74, 6) is -0.0222. The molecule has 0 aliphatic carbocycles. The summed E-state index contributed by atoms with van der Waals surface area (Å²) < 4.78 is 4.92. The Bertz CT molecular complexity index is 311. The molecule has 3 nitrogen and oxygen atoms in total. The molecule has 0 radical (unpaired) electrons. The molecule has 0 aromatic heterocycles. The number of amides is 1. The Kier molecular flexibility index (Phi) is 5.57. The van der Waals surface area contributed by atoms with Gasteiger partial charge in [-0.1, -0.05) is 30.3 Å². The van der Waals surface area contributed by atoms with Crippen LogP contribution in [0.4, 0.5) is 0 Å². The zero-order valence-electron chi connectivity index (χ0n) is 9.90. The molecule has 1 rings (SSSR count). The van der Waals surface area contributed by atoms with Crippen molar-refractivity contribution in [2.75, 3.05) is 20.3 Å². The lowest BCUT2D eigenvalue weighted by Crippen LogP contribution is -2.29. The Morgan fingerprint density at radius 2 is 2.06 bits per heavy atom. The van der Waals surface area contributed by atoms with Crippen molar-refractivity contribution in [2.24, 2.45) is 0 Å². The summed E-state index contributed by atoms with van der Waals surface area (Å²) in [4.78, 5) is 11.8. The van der Waals surface area contributed by atoms with E-state index in [0.717, 1.165) is 12.0 Å². The lowest BCUT2D eigenvalue weighted by molar-refractivity contribution is -0.122. The normalized spacial score (nSPS) is 12.1. The van der Waals surface area contributed by atoms with Gasteiger partial charge < -0.3 is 10.1 Å². The molecule has 1 amide bonds. The van der Waals surface area contributed by atoms with Crippen molar-refractivity contribution in [1.29, 1.82) is 0 Å². The van der Waals surface area contributed by atoms with E-state index in [9.17, 15) is 4.79 Å². The molecule has 0 unspecified atom stereocenters. The molecule has 0 spiro atoms. The van der Waals surface area contributed by atoms with Crippen LogP contribution in [-0.2, 0) is 9.53 Å². The third-order valence-electron chi connectivity index (χ3n) is 2.52. The van der Waals surface area contributed by atoms with Gasteiger partial charge in [-0.3, -0.25) is 4.79 Å². The lowest BCUT2D eigenvalue weighted by atomic mass is 10.0. The van der Waals surface area contributed by atoms with Crippen molar-refractivity contribution in [1.82, 2.24) is 5.32 Å². The largest absolute Gasteiger partial charge is 0.385 e. The zero-order valence-corrected chi connectivity index (χ0v) is 9.90. The van der Waals surface area contributed by atoms with Crippen molar-refractivity contribution in [3.8, 4) is 0 Å². The number of methoxy groups -OCH3 is 1. The van der Waals surface area contributed by atoms with Gasteiger partial charge in [-0.25, -0.2) is 0 Å². The van der Waals surface area contributed by atoms with Crippen LogP contribution in [0.25, 0.3) is 0 Å². The van der Waals surface area contributed by atoms with E-state index >= 15 is 0 Å².